The molecule has 1 aliphatic rings. The Kier molecular flexibility index (Phi) is 4.88. The van der Waals surface area contributed by atoms with Gasteiger partial charge < -0.3 is 9.64 Å². The molecule has 2 unspecified atom stereocenters. The number of thioether (sulfide) groups is 1. The fourth-order valence-electron chi connectivity index (χ4n) is 2.44. The number of carbonyl (C=O) groups is 1. The van der Waals surface area contributed by atoms with Gasteiger partial charge in [-0.15, -0.1) is 0 Å². The lowest BCUT2D eigenvalue weighted by Crippen LogP contribution is -2.48. The van der Waals surface area contributed by atoms with E-state index in [2.05, 4.69) is 6.26 Å². The molecule has 0 bridgehead atoms. The minimum atomic E-state index is 0.109. The summed E-state index contributed by atoms with van der Waals surface area (Å²) in [6, 6.07) is 7.94. The molecule has 0 saturated carbocycles. The van der Waals surface area contributed by atoms with Crippen LogP contribution in [0.2, 0.25) is 0 Å². The second kappa shape index (κ2) is 6.44. The fourth-order valence-corrected chi connectivity index (χ4v) is 2.96. The van der Waals surface area contributed by atoms with Crippen molar-refractivity contribution in [3.05, 3.63) is 35.4 Å². The molecule has 104 valence electrons. The summed E-state index contributed by atoms with van der Waals surface area (Å²) in [6.07, 6.45) is 2.31. The smallest absolute Gasteiger partial charge is 0.254 e. The highest BCUT2D eigenvalue weighted by Gasteiger charge is 2.26. The van der Waals surface area contributed by atoms with Gasteiger partial charge in [0, 0.05) is 24.4 Å². The van der Waals surface area contributed by atoms with Crippen LogP contribution in [0.1, 0.15) is 29.8 Å². The Morgan fingerprint density at radius 2 is 1.84 bits per heavy atom. The Hall–Kier alpha value is -1.00. The van der Waals surface area contributed by atoms with Crippen molar-refractivity contribution in [3.63, 3.8) is 0 Å². The summed E-state index contributed by atoms with van der Waals surface area (Å²) in [5, 5.41) is 0. The summed E-state index contributed by atoms with van der Waals surface area (Å²) in [6.45, 7) is 5.38. The Bertz CT molecular complexity index is 422. The van der Waals surface area contributed by atoms with Gasteiger partial charge in [0.1, 0.15) is 0 Å². The second-order valence-corrected chi connectivity index (χ2v) is 5.96. The second-order valence-electron chi connectivity index (χ2n) is 5.10. The third-order valence-corrected chi connectivity index (χ3v) is 3.84. The molecule has 1 saturated heterocycles. The summed E-state index contributed by atoms with van der Waals surface area (Å²) in [4.78, 5) is 14.3. The highest BCUT2D eigenvalue weighted by molar-refractivity contribution is 7.97. The average molecular weight is 279 g/mol. The van der Waals surface area contributed by atoms with Crippen molar-refractivity contribution in [2.24, 2.45) is 0 Å². The number of nitrogens with zero attached hydrogens (tertiary/aromatic N) is 1. The summed E-state index contributed by atoms with van der Waals surface area (Å²) in [5.41, 5.74) is 2.03. The highest BCUT2D eigenvalue weighted by atomic mass is 32.2. The lowest BCUT2D eigenvalue weighted by Gasteiger charge is -2.35. The number of benzene rings is 1. The molecule has 19 heavy (non-hydrogen) atoms. The number of rotatable bonds is 3. The normalized spacial score (nSPS) is 23.4. The predicted molar refractivity (Wildman–Crippen MR) is 79.6 cm³/mol. The number of ether oxygens (including phenoxy) is 1. The van der Waals surface area contributed by atoms with Crippen LogP contribution >= 0.6 is 11.8 Å². The molecule has 0 aromatic heterocycles. The van der Waals surface area contributed by atoms with E-state index in [0.717, 1.165) is 11.3 Å². The van der Waals surface area contributed by atoms with Crippen molar-refractivity contribution < 1.29 is 9.53 Å². The SMILES string of the molecule is CSCc1ccc(C(=O)N2CC(C)OC(C)C2)cc1. The molecule has 0 aliphatic carbocycles. The van der Waals surface area contributed by atoms with Crippen LogP contribution in [0, 0.1) is 0 Å². The molecule has 1 heterocycles. The number of morpholine rings is 1. The van der Waals surface area contributed by atoms with Gasteiger partial charge in [-0.1, -0.05) is 12.1 Å². The first-order valence-electron chi connectivity index (χ1n) is 6.62. The highest BCUT2D eigenvalue weighted by Crippen LogP contribution is 2.16. The Balaban J connectivity index is 2.06. The van der Waals surface area contributed by atoms with Crippen LogP contribution < -0.4 is 0 Å². The molecule has 0 N–H and O–H groups in total. The summed E-state index contributed by atoms with van der Waals surface area (Å²) < 4.78 is 5.66. The van der Waals surface area contributed by atoms with E-state index < -0.39 is 0 Å². The van der Waals surface area contributed by atoms with Crippen LogP contribution in [-0.4, -0.2) is 42.4 Å². The molecule has 4 heteroatoms. The Morgan fingerprint density at radius 1 is 1.26 bits per heavy atom. The molecule has 2 rings (SSSR count). The lowest BCUT2D eigenvalue weighted by atomic mass is 10.1. The number of hydrogen-bond donors (Lipinski definition) is 0. The molecule has 2 atom stereocenters. The van der Waals surface area contributed by atoms with E-state index >= 15 is 0 Å². The van der Waals surface area contributed by atoms with Crippen molar-refractivity contribution in [1.82, 2.24) is 4.90 Å². The minimum absolute atomic E-state index is 0.109. The molecular weight excluding hydrogens is 258 g/mol. The average Bonchev–Trinajstić information content (AvgIpc) is 2.38. The quantitative estimate of drug-likeness (QED) is 0.852. The van der Waals surface area contributed by atoms with E-state index in [1.165, 1.54) is 5.56 Å². The standard InChI is InChI=1S/C15H21NO2S/c1-11-8-16(9-12(2)18-11)15(17)14-6-4-13(5-7-14)10-19-3/h4-7,11-12H,8-10H2,1-3H3. The van der Waals surface area contributed by atoms with Crippen molar-refractivity contribution in [2.75, 3.05) is 19.3 Å². The zero-order valence-electron chi connectivity index (χ0n) is 11.8. The maximum absolute atomic E-state index is 12.4. The van der Waals surface area contributed by atoms with Crippen LogP contribution in [0.4, 0.5) is 0 Å². The van der Waals surface area contributed by atoms with E-state index in [9.17, 15) is 4.79 Å². The summed E-state index contributed by atoms with van der Waals surface area (Å²) >= 11 is 1.79. The van der Waals surface area contributed by atoms with E-state index in [-0.39, 0.29) is 18.1 Å². The molecule has 1 fully saturated rings. The van der Waals surface area contributed by atoms with Gasteiger partial charge in [0.25, 0.3) is 5.91 Å². The molecule has 0 radical (unpaired) electrons. The molecule has 0 spiro atoms. The van der Waals surface area contributed by atoms with Crippen LogP contribution in [0.5, 0.6) is 0 Å². The van der Waals surface area contributed by atoms with E-state index in [1.54, 1.807) is 11.8 Å². The molecule has 1 amide bonds. The van der Waals surface area contributed by atoms with Crippen molar-refractivity contribution in [3.8, 4) is 0 Å². The number of carbonyl (C=O) groups excluding carboxylic acids is 1. The molecule has 1 aromatic carbocycles. The fraction of sp³-hybridized carbons (Fsp3) is 0.533. The molecule has 1 aliphatic heterocycles. The topological polar surface area (TPSA) is 29.5 Å². The zero-order chi connectivity index (χ0) is 13.8. The Morgan fingerprint density at radius 3 is 2.37 bits per heavy atom. The first-order valence-corrected chi connectivity index (χ1v) is 8.02. The van der Waals surface area contributed by atoms with Gasteiger partial charge in [-0.25, -0.2) is 0 Å². The predicted octanol–water partition coefficient (Wildman–Crippen LogP) is 2.80. The van der Waals surface area contributed by atoms with Gasteiger partial charge in [-0.3, -0.25) is 4.79 Å². The van der Waals surface area contributed by atoms with Crippen LogP contribution in [0.25, 0.3) is 0 Å². The van der Waals surface area contributed by atoms with Crippen LogP contribution in [0.3, 0.4) is 0 Å². The Labute approximate surface area is 119 Å². The summed E-state index contributed by atoms with van der Waals surface area (Å²) in [5.74, 6) is 1.10. The van der Waals surface area contributed by atoms with E-state index in [4.69, 9.17) is 4.74 Å². The maximum Gasteiger partial charge on any atom is 0.254 e. The molecule has 1 aromatic rings. The largest absolute Gasteiger partial charge is 0.372 e. The van der Waals surface area contributed by atoms with Crippen molar-refractivity contribution in [1.29, 1.82) is 0 Å². The van der Waals surface area contributed by atoms with E-state index in [1.807, 2.05) is 43.0 Å². The van der Waals surface area contributed by atoms with Gasteiger partial charge >= 0.3 is 0 Å². The van der Waals surface area contributed by atoms with E-state index in [0.29, 0.717) is 13.1 Å². The molecule has 3 nitrogen and oxygen atoms in total. The maximum atomic E-state index is 12.4. The lowest BCUT2D eigenvalue weighted by molar-refractivity contribution is -0.0586. The number of amides is 1. The van der Waals surface area contributed by atoms with Gasteiger partial charge in [0.05, 0.1) is 12.2 Å². The van der Waals surface area contributed by atoms with Gasteiger partial charge in [0.15, 0.2) is 0 Å². The first kappa shape index (κ1) is 14.4. The van der Waals surface area contributed by atoms with Crippen molar-refractivity contribution in [2.45, 2.75) is 31.8 Å². The van der Waals surface area contributed by atoms with Crippen LogP contribution in [0.15, 0.2) is 24.3 Å². The van der Waals surface area contributed by atoms with Gasteiger partial charge in [-0.05, 0) is 37.8 Å². The monoisotopic (exact) mass is 279 g/mol. The van der Waals surface area contributed by atoms with Gasteiger partial charge in [0.2, 0.25) is 0 Å². The molecular formula is C15H21NO2S. The summed E-state index contributed by atoms with van der Waals surface area (Å²) in [7, 11) is 0. The van der Waals surface area contributed by atoms with Gasteiger partial charge in [-0.2, -0.15) is 11.8 Å². The van der Waals surface area contributed by atoms with Crippen molar-refractivity contribution >= 4 is 17.7 Å². The number of hydrogen-bond acceptors (Lipinski definition) is 3. The zero-order valence-corrected chi connectivity index (χ0v) is 12.6. The third-order valence-electron chi connectivity index (χ3n) is 3.22. The third kappa shape index (κ3) is 3.74. The van der Waals surface area contributed by atoms with Crippen LogP contribution in [-0.2, 0) is 10.5 Å². The first-order chi connectivity index (χ1) is 9.10. The minimum Gasteiger partial charge on any atom is -0.372 e.